The number of anilines is 1. The highest BCUT2D eigenvalue weighted by molar-refractivity contribution is 6.04. The molecule has 3 N–H and O–H groups in total. The van der Waals surface area contributed by atoms with Crippen LogP contribution in [0.5, 0.6) is 0 Å². The van der Waals surface area contributed by atoms with Crippen LogP contribution in [-0.2, 0) is 0 Å². The number of benzene rings is 1. The first-order valence-electron chi connectivity index (χ1n) is 6.11. The molecule has 0 unspecified atom stereocenters. The zero-order valence-electron chi connectivity index (χ0n) is 10.7. The first-order valence-corrected chi connectivity index (χ1v) is 6.11. The van der Waals surface area contributed by atoms with Crippen LogP contribution in [0.1, 0.15) is 10.4 Å². The number of carbonyl (C=O) groups excluding carboxylic acids is 1. The van der Waals surface area contributed by atoms with Gasteiger partial charge in [-0.25, -0.2) is 0 Å². The number of aromatic nitrogens is 3. The van der Waals surface area contributed by atoms with Crippen LogP contribution in [0.2, 0.25) is 0 Å². The van der Waals surface area contributed by atoms with Crippen molar-refractivity contribution in [3.8, 4) is 0 Å². The summed E-state index contributed by atoms with van der Waals surface area (Å²) in [5.41, 5.74) is 0.00156. The number of carbonyl (C=O) groups is 1. The molecule has 1 amide bonds. The standard InChI is InChI=1S/C14H10N4O3/c19-12(8-2-1-5-15-7-8)16-9-3-4-10-11(6-9)14(21)18-17-13(10)20/h1-7H,(H,16,19)(H,17,20)(H,18,21). The minimum absolute atomic E-state index is 0.211. The van der Waals surface area contributed by atoms with Crippen molar-refractivity contribution >= 4 is 22.4 Å². The highest BCUT2D eigenvalue weighted by Gasteiger charge is 2.08. The van der Waals surface area contributed by atoms with Crippen molar-refractivity contribution in [3.63, 3.8) is 0 Å². The van der Waals surface area contributed by atoms with Crippen LogP contribution >= 0.6 is 0 Å². The second-order valence-corrected chi connectivity index (χ2v) is 4.36. The smallest absolute Gasteiger partial charge is 0.270 e. The number of H-pyrrole nitrogens is 2. The molecule has 0 saturated heterocycles. The van der Waals surface area contributed by atoms with Crippen molar-refractivity contribution in [3.05, 3.63) is 69.0 Å². The van der Waals surface area contributed by atoms with E-state index in [1.54, 1.807) is 24.4 Å². The average molecular weight is 282 g/mol. The molecule has 0 bridgehead atoms. The fraction of sp³-hybridized carbons (Fsp3) is 0. The minimum atomic E-state index is -0.429. The quantitative estimate of drug-likeness (QED) is 0.648. The average Bonchev–Trinajstić information content (AvgIpc) is 2.52. The number of amides is 1. The topological polar surface area (TPSA) is 108 Å². The van der Waals surface area contributed by atoms with Crippen molar-refractivity contribution in [1.82, 2.24) is 15.2 Å². The number of nitrogens with one attached hydrogen (secondary N) is 3. The Morgan fingerprint density at radius 3 is 2.52 bits per heavy atom. The van der Waals surface area contributed by atoms with Gasteiger partial charge in [-0.1, -0.05) is 0 Å². The van der Waals surface area contributed by atoms with Gasteiger partial charge in [0.05, 0.1) is 16.3 Å². The van der Waals surface area contributed by atoms with Crippen LogP contribution in [0.15, 0.2) is 52.3 Å². The summed E-state index contributed by atoms with van der Waals surface area (Å²) in [5.74, 6) is -0.344. The van der Waals surface area contributed by atoms with E-state index >= 15 is 0 Å². The van der Waals surface area contributed by atoms with Crippen molar-refractivity contribution < 1.29 is 4.79 Å². The van der Waals surface area contributed by atoms with E-state index in [1.165, 1.54) is 18.3 Å². The van der Waals surface area contributed by atoms with Gasteiger partial charge in [0.15, 0.2) is 0 Å². The first-order chi connectivity index (χ1) is 10.1. The molecule has 7 nitrogen and oxygen atoms in total. The van der Waals surface area contributed by atoms with E-state index in [9.17, 15) is 14.4 Å². The molecule has 0 saturated carbocycles. The molecule has 0 aliphatic rings. The first kappa shape index (κ1) is 12.8. The van der Waals surface area contributed by atoms with Crippen molar-refractivity contribution in [1.29, 1.82) is 0 Å². The van der Waals surface area contributed by atoms with E-state index in [0.717, 1.165) is 0 Å². The zero-order chi connectivity index (χ0) is 14.8. The molecule has 7 heteroatoms. The predicted octanol–water partition coefficient (Wildman–Crippen LogP) is 0.864. The lowest BCUT2D eigenvalue weighted by molar-refractivity contribution is 0.102. The number of nitrogens with zero attached hydrogens (tertiary/aromatic N) is 1. The second kappa shape index (κ2) is 5.04. The second-order valence-electron chi connectivity index (χ2n) is 4.36. The Kier molecular flexibility index (Phi) is 3.07. The Balaban J connectivity index is 1.99. The molecule has 3 aromatic rings. The van der Waals surface area contributed by atoms with E-state index in [1.807, 2.05) is 0 Å². The normalized spacial score (nSPS) is 10.5. The Hall–Kier alpha value is -3.22. The van der Waals surface area contributed by atoms with Gasteiger partial charge >= 0.3 is 0 Å². The summed E-state index contributed by atoms with van der Waals surface area (Å²) >= 11 is 0. The molecule has 0 aliphatic carbocycles. The van der Waals surface area contributed by atoms with Crippen LogP contribution in [0, 0.1) is 0 Å². The van der Waals surface area contributed by atoms with E-state index in [-0.39, 0.29) is 16.7 Å². The SMILES string of the molecule is O=C(Nc1ccc2c(=O)[nH][nH]c(=O)c2c1)c1cccnc1. The Morgan fingerprint density at radius 1 is 1.05 bits per heavy atom. The monoisotopic (exact) mass is 282 g/mol. The minimum Gasteiger partial charge on any atom is -0.322 e. The van der Waals surface area contributed by atoms with E-state index in [0.29, 0.717) is 11.3 Å². The van der Waals surface area contributed by atoms with Gasteiger partial charge in [0.25, 0.3) is 17.0 Å². The third-order valence-corrected chi connectivity index (χ3v) is 2.98. The summed E-state index contributed by atoms with van der Waals surface area (Å²) < 4.78 is 0. The molecule has 1 aromatic carbocycles. The highest BCUT2D eigenvalue weighted by atomic mass is 16.2. The maximum Gasteiger partial charge on any atom is 0.270 e. The summed E-state index contributed by atoms with van der Waals surface area (Å²) in [4.78, 5) is 39.1. The van der Waals surface area contributed by atoms with Gasteiger partial charge in [0, 0.05) is 18.1 Å². The largest absolute Gasteiger partial charge is 0.322 e. The van der Waals surface area contributed by atoms with Gasteiger partial charge in [-0.15, -0.1) is 0 Å². The molecule has 2 heterocycles. The van der Waals surface area contributed by atoms with Gasteiger partial charge in [-0.2, -0.15) is 0 Å². The van der Waals surface area contributed by atoms with Crippen molar-refractivity contribution in [2.24, 2.45) is 0 Å². The highest BCUT2D eigenvalue weighted by Crippen LogP contribution is 2.14. The van der Waals surface area contributed by atoms with Gasteiger partial charge in [0.2, 0.25) is 0 Å². The summed E-state index contributed by atoms with van der Waals surface area (Å²) in [5, 5.41) is 7.61. The number of hydrogen-bond acceptors (Lipinski definition) is 4. The molecule has 0 atom stereocenters. The van der Waals surface area contributed by atoms with Crippen LogP contribution in [0.4, 0.5) is 5.69 Å². The third kappa shape index (κ3) is 2.44. The zero-order valence-corrected chi connectivity index (χ0v) is 10.7. The lowest BCUT2D eigenvalue weighted by Crippen LogP contribution is -2.19. The summed E-state index contributed by atoms with van der Waals surface area (Å²) in [6, 6.07) is 7.78. The molecule has 3 rings (SSSR count). The maximum absolute atomic E-state index is 12.0. The van der Waals surface area contributed by atoms with Crippen LogP contribution in [-0.4, -0.2) is 21.1 Å². The molecule has 21 heavy (non-hydrogen) atoms. The fourth-order valence-corrected chi connectivity index (χ4v) is 1.96. The number of fused-ring (bicyclic) bond motifs is 1. The van der Waals surface area contributed by atoms with Gasteiger partial charge in [-0.05, 0) is 30.3 Å². The maximum atomic E-state index is 12.0. The Labute approximate surface area is 117 Å². The molecule has 0 radical (unpaired) electrons. The van der Waals surface area contributed by atoms with Crippen LogP contribution in [0.3, 0.4) is 0 Å². The summed E-state index contributed by atoms with van der Waals surface area (Å²) in [6.07, 6.45) is 3.01. The number of aromatic amines is 2. The molecule has 2 aromatic heterocycles. The molecular formula is C14H10N4O3. The molecule has 0 spiro atoms. The molecule has 0 aliphatic heterocycles. The number of hydrogen-bond donors (Lipinski definition) is 3. The Morgan fingerprint density at radius 2 is 1.81 bits per heavy atom. The lowest BCUT2D eigenvalue weighted by Gasteiger charge is -2.05. The Bertz CT molecular complexity index is 928. The van der Waals surface area contributed by atoms with Gasteiger partial charge < -0.3 is 5.32 Å². The lowest BCUT2D eigenvalue weighted by atomic mass is 10.1. The number of pyridine rings is 1. The summed E-state index contributed by atoms with van der Waals surface area (Å²) in [7, 11) is 0. The van der Waals surface area contributed by atoms with Crippen molar-refractivity contribution in [2.75, 3.05) is 5.32 Å². The molecule has 104 valence electrons. The van der Waals surface area contributed by atoms with E-state index in [2.05, 4.69) is 20.5 Å². The fourth-order valence-electron chi connectivity index (χ4n) is 1.96. The molecule has 0 fully saturated rings. The van der Waals surface area contributed by atoms with Gasteiger partial charge in [0.1, 0.15) is 0 Å². The predicted molar refractivity (Wildman–Crippen MR) is 77.4 cm³/mol. The number of rotatable bonds is 2. The molecular weight excluding hydrogens is 272 g/mol. The summed E-state index contributed by atoms with van der Waals surface area (Å²) in [6.45, 7) is 0. The van der Waals surface area contributed by atoms with Crippen LogP contribution in [0.25, 0.3) is 10.8 Å². The van der Waals surface area contributed by atoms with Crippen molar-refractivity contribution in [2.45, 2.75) is 0 Å². The van der Waals surface area contributed by atoms with Crippen LogP contribution < -0.4 is 16.4 Å². The van der Waals surface area contributed by atoms with Gasteiger partial charge in [-0.3, -0.25) is 29.6 Å². The third-order valence-electron chi connectivity index (χ3n) is 2.98. The van der Waals surface area contributed by atoms with E-state index in [4.69, 9.17) is 0 Å². The van der Waals surface area contributed by atoms with E-state index < -0.39 is 11.1 Å².